The molecule has 0 aliphatic carbocycles. The van der Waals surface area contributed by atoms with E-state index in [9.17, 15) is 9.90 Å². The summed E-state index contributed by atoms with van der Waals surface area (Å²) in [5.74, 6) is -0.637. The van der Waals surface area contributed by atoms with Crippen LogP contribution < -0.4 is 5.32 Å². The van der Waals surface area contributed by atoms with Gasteiger partial charge in [0.05, 0.1) is 5.60 Å². The summed E-state index contributed by atoms with van der Waals surface area (Å²) in [6.45, 7) is 3.61. The maximum Gasteiger partial charge on any atom is 0.303 e. The largest absolute Gasteiger partial charge is 0.481 e. The first-order valence-electron chi connectivity index (χ1n) is 5.23. The van der Waals surface area contributed by atoms with E-state index in [1.807, 2.05) is 6.92 Å². The van der Waals surface area contributed by atoms with Crippen molar-refractivity contribution in [2.24, 2.45) is 5.92 Å². The molecule has 0 bridgehead atoms. The van der Waals surface area contributed by atoms with Gasteiger partial charge in [-0.3, -0.25) is 4.79 Å². The predicted octanol–water partition coefficient (Wildman–Crippen LogP) is 0.602. The molecule has 1 heterocycles. The van der Waals surface area contributed by atoms with Crippen LogP contribution in [0.5, 0.6) is 0 Å². The van der Waals surface area contributed by atoms with Crippen LogP contribution in [-0.2, 0) is 4.79 Å². The van der Waals surface area contributed by atoms with Gasteiger partial charge in [-0.25, -0.2) is 0 Å². The minimum absolute atomic E-state index is 0.0625. The lowest BCUT2D eigenvalue weighted by Gasteiger charge is -2.40. The van der Waals surface area contributed by atoms with Crippen LogP contribution in [0.15, 0.2) is 0 Å². The van der Waals surface area contributed by atoms with Crippen molar-refractivity contribution in [3.8, 4) is 0 Å². The van der Waals surface area contributed by atoms with E-state index in [0.717, 1.165) is 19.5 Å². The summed E-state index contributed by atoms with van der Waals surface area (Å²) in [5.41, 5.74) is -0.765. The van der Waals surface area contributed by atoms with Gasteiger partial charge in [-0.1, -0.05) is 6.92 Å². The molecule has 3 N–H and O–H groups in total. The Kier molecular flexibility index (Phi) is 3.89. The quantitative estimate of drug-likeness (QED) is 0.623. The maximum atomic E-state index is 10.5. The molecule has 0 saturated carbocycles. The highest BCUT2D eigenvalue weighted by atomic mass is 16.4. The van der Waals surface area contributed by atoms with Crippen LogP contribution in [0, 0.1) is 5.92 Å². The Hall–Kier alpha value is -0.610. The summed E-state index contributed by atoms with van der Waals surface area (Å²) in [7, 11) is 0. The van der Waals surface area contributed by atoms with Crippen molar-refractivity contribution < 1.29 is 15.0 Å². The molecule has 82 valence electrons. The molecule has 0 aromatic heterocycles. The summed E-state index contributed by atoms with van der Waals surface area (Å²) in [6, 6.07) is 0. The smallest absolute Gasteiger partial charge is 0.303 e. The zero-order chi connectivity index (χ0) is 10.6. The normalized spacial score (nSPS) is 32.9. The van der Waals surface area contributed by atoms with Crippen LogP contribution in [0.4, 0.5) is 0 Å². The highest BCUT2D eigenvalue weighted by Crippen LogP contribution is 2.31. The van der Waals surface area contributed by atoms with Gasteiger partial charge in [0, 0.05) is 13.0 Å². The summed E-state index contributed by atoms with van der Waals surface area (Å²) < 4.78 is 0. The average Bonchev–Trinajstić information content (AvgIpc) is 2.16. The molecule has 2 atom stereocenters. The topological polar surface area (TPSA) is 69.6 Å². The van der Waals surface area contributed by atoms with E-state index in [-0.39, 0.29) is 12.3 Å². The van der Waals surface area contributed by atoms with Crippen LogP contribution in [0.25, 0.3) is 0 Å². The SMILES string of the molecule is CCC1CNCCC1(O)CCC(=O)O. The molecule has 4 heteroatoms. The number of hydrogen-bond acceptors (Lipinski definition) is 3. The van der Waals surface area contributed by atoms with Crippen molar-refractivity contribution in [3.05, 3.63) is 0 Å². The minimum atomic E-state index is -0.827. The Morgan fingerprint density at radius 1 is 1.64 bits per heavy atom. The molecule has 0 amide bonds. The van der Waals surface area contributed by atoms with Gasteiger partial charge in [0.15, 0.2) is 0 Å². The van der Waals surface area contributed by atoms with Crippen molar-refractivity contribution in [1.29, 1.82) is 0 Å². The van der Waals surface area contributed by atoms with Crippen LogP contribution in [0.1, 0.15) is 32.6 Å². The second-order valence-corrected chi connectivity index (χ2v) is 4.06. The summed E-state index contributed by atoms with van der Waals surface area (Å²) in [5, 5.41) is 22.1. The summed E-state index contributed by atoms with van der Waals surface area (Å²) in [6.07, 6.45) is 2.00. The first kappa shape index (κ1) is 11.5. The van der Waals surface area contributed by atoms with Crippen molar-refractivity contribution in [2.45, 2.75) is 38.2 Å². The Balaban J connectivity index is 2.53. The van der Waals surface area contributed by atoms with Gasteiger partial charge in [-0.2, -0.15) is 0 Å². The molecule has 1 fully saturated rings. The number of hydrogen-bond donors (Lipinski definition) is 3. The highest BCUT2D eigenvalue weighted by molar-refractivity contribution is 5.66. The van der Waals surface area contributed by atoms with E-state index in [1.54, 1.807) is 0 Å². The van der Waals surface area contributed by atoms with Gasteiger partial charge in [-0.15, -0.1) is 0 Å². The zero-order valence-electron chi connectivity index (χ0n) is 8.62. The number of nitrogens with one attached hydrogen (secondary N) is 1. The molecule has 0 aromatic carbocycles. The predicted molar refractivity (Wildman–Crippen MR) is 53.1 cm³/mol. The number of aliphatic hydroxyl groups is 1. The second-order valence-electron chi connectivity index (χ2n) is 4.06. The standard InChI is InChI=1S/C10H19NO3/c1-2-8-7-11-6-5-10(8,14)4-3-9(12)13/h8,11,14H,2-7H2,1H3,(H,12,13). The molecule has 4 nitrogen and oxygen atoms in total. The fraction of sp³-hybridized carbons (Fsp3) is 0.900. The van der Waals surface area contributed by atoms with Crippen LogP contribution in [0.2, 0.25) is 0 Å². The third-order valence-electron chi connectivity index (χ3n) is 3.15. The number of rotatable bonds is 4. The molecule has 1 rings (SSSR count). The molecule has 2 unspecified atom stereocenters. The first-order chi connectivity index (χ1) is 6.58. The average molecular weight is 201 g/mol. The molecule has 0 radical (unpaired) electrons. The molecule has 14 heavy (non-hydrogen) atoms. The van der Waals surface area contributed by atoms with Gasteiger partial charge in [0.25, 0.3) is 0 Å². The van der Waals surface area contributed by atoms with Gasteiger partial charge < -0.3 is 15.5 Å². The number of carbonyl (C=O) groups is 1. The molecule has 0 spiro atoms. The van der Waals surface area contributed by atoms with E-state index >= 15 is 0 Å². The third kappa shape index (κ3) is 2.69. The number of piperidine rings is 1. The van der Waals surface area contributed by atoms with Crippen molar-refractivity contribution in [3.63, 3.8) is 0 Å². The monoisotopic (exact) mass is 201 g/mol. The van der Waals surface area contributed by atoms with Crippen LogP contribution >= 0.6 is 0 Å². The van der Waals surface area contributed by atoms with Crippen molar-refractivity contribution in [2.75, 3.05) is 13.1 Å². The Bertz CT molecular complexity index is 208. The Morgan fingerprint density at radius 2 is 2.36 bits per heavy atom. The van der Waals surface area contributed by atoms with E-state index < -0.39 is 11.6 Å². The first-order valence-corrected chi connectivity index (χ1v) is 5.23. The second kappa shape index (κ2) is 4.75. The Labute approximate surface area is 84.3 Å². The molecule has 0 aromatic rings. The van der Waals surface area contributed by atoms with Gasteiger partial charge in [0.1, 0.15) is 0 Å². The van der Waals surface area contributed by atoms with E-state index in [4.69, 9.17) is 5.11 Å². The third-order valence-corrected chi connectivity index (χ3v) is 3.15. The summed E-state index contributed by atoms with van der Waals surface area (Å²) in [4.78, 5) is 10.5. The summed E-state index contributed by atoms with van der Waals surface area (Å²) >= 11 is 0. The molecular formula is C10H19NO3. The lowest BCUT2D eigenvalue weighted by atomic mass is 9.77. The molecule has 1 aliphatic heterocycles. The lowest BCUT2D eigenvalue weighted by Crippen LogP contribution is -2.50. The van der Waals surface area contributed by atoms with Gasteiger partial charge >= 0.3 is 5.97 Å². The van der Waals surface area contributed by atoms with Crippen molar-refractivity contribution >= 4 is 5.97 Å². The van der Waals surface area contributed by atoms with Crippen molar-refractivity contribution in [1.82, 2.24) is 5.32 Å². The molecule has 1 saturated heterocycles. The number of carboxylic acids is 1. The zero-order valence-corrected chi connectivity index (χ0v) is 8.62. The fourth-order valence-electron chi connectivity index (χ4n) is 2.15. The number of carboxylic acid groups (broad SMARTS) is 1. The van der Waals surface area contributed by atoms with E-state index in [2.05, 4.69) is 5.32 Å². The van der Waals surface area contributed by atoms with Crippen LogP contribution in [-0.4, -0.2) is 34.9 Å². The highest BCUT2D eigenvalue weighted by Gasteiger charge is 2.37. The molecule has 1 aliphatic rings. The molecular weight excluding hydrogens is 182 g/mol. The minimum Gasteiger partial charge on any atom is -0.481 e. The number of aliphatic carboxylic acids is 1. The Morgan fingerprint density at radius 3 is 2.93 bits per heavy atom. The lowest BCUT2D eigenvalue weighted by molar-refractivity contribution is -0.139. The maximum absolute atomic E-state index is 10.5. The van der Waals surface area contributed by atoms with Gasteiger partial charge in [-0.05, 0) is 31.7 Å². The van der Waals surface area contributed by atoms with E-state index in [0.29, 0.717) is 12.8 Å². The van der Waals surface area contributed by atoms with Crippen LogP contribution in [0.3, 0.4) is 0 Å². The fourth-order valence-corrected chi connectivity index (χ4v) is 2.15. The van der Waals surface area contributed by atoms with Gasteiger partial charge in [0.2, 0.25) is 0 Å². The van der Waals surface area contributed by atoms with E-state index in [1.165, 1.54) is 0 Å².